The highest BCUT2D eigenvalue weighted by molar-refractivity contribution is 8.14. The van der Waals surface area contributed by atoms with E-state index in [9.17, 15) is 9.59 Å². The van der Waals surface area contributed by atoms with Crippen molar-refractivity contribution in [2.45, 2.75) is 19.8 Å². The van der Waals surface area contributed by atoms with E-state index in [0.717, 1.165) is 12.8 Å². The summed E-state index contributed by atoms with van der Waals surface area (Å²) in [5.41, 5.74) is 0. The first-order valence-electron chi connectivity index (χ1n) is 3.36. The van der Waals surface area contributed by atoms with Crippen LogP contribution in [-0.4, -0.2) is 16.7 Å². The Morgan fingerprint density at radius 2 is 2.10 bits per heavy atom. The molecule has 0 aliphatic heterocycles. The van der Waals surface area contributed by atoms with Gasteiger partial charge in [-0.2, -0.15) is 0 Å². The lowest BCUT2D eigenvalue weighted by atomic mass is 10.5. The SMILES string of the molecule is CC(=O)CSC(=O)C1CC1. The zero-order chi connectivity index (χ0) is 7.56. The normalized spacial score (nSPS) is 16.9. The van der Waals surface area contributed by atoms with E-state index in [1.54, 1.807) is 0 Å². The van der Waals surface area contributed by atoms with E-state index in [1.165, 1.54) is 18.7 Å². The quantitative estimate of drug-likeness (QED) is 0.619. The fourth-order valence-electron chi connectivity index (χ4n) is 0.610. The molecule has 0 radical (unpaired) electrons. The van der Waals surface area contributed by atoms with Gasteiger partial charge >= 0.3 is 0 Å². The minimum atomic E-state index is 0.0824. The Balaban J connectivity index is 2.12. The topological polar surface area (TPSA) is 34.1 Å². The van der Waals surface area contributed by atoms with E-state index in [4.69, 9.17) is 0 Å². The van der Waals surface area contributed by atoms with Crippen molar-refractivity contribution in [1.82, 2.24) is 0 Å². The van der Waals surface area contributed by atoms with Gasteiger partial charge < -0.3 is 0 Å². The second-order valence-corrected chi connectivity index (χ2v) is 3.56. The van der Waals surface area contributed by atoms with Crippen LogP contribution in [0.2, 0.25) is 0 Å². The molecule has 3 heteroatoms. The van der Waals surface area contributed by atoms with Crippen LogP contribution in [0.25, 0.3) is 0 Å². The van der Waals surface area contributed by atoms with Gasteiger partial charge in [0.05, 0.1) is 5.75 Å². The first-order chi connectivity index (χ1) is 4.70. The summed E-state index contributed by atoms with van der Waals surface area (Å²) < 4.78 is 0. The predicted octanol–water partition coefficient (Wildman–Crippen LogP) is 1.25. The maximum atomic E-state index is 10.9. The molecular formula is C7H10O2S. The molecule has 0 amide bonds. The first-order valence-corrected chi connectivity index (χ1v) is 4.35. The highest BCUT2D eigenvalue weighted by Crippen LogP contribution is 2.33. The highest BCUT2D eigenvalue weighted by atomic mass is 32.2. The van der Waals surface area contributed by atoms with Crippen molar-refractivity contribution in [2.75, 3.05) is 5.75 Å². The molecule has 10 heavy (non-hydrogen) atoms. The number of ketones is 1. The Morgan fingerprint density at radius 3 is 2.50 bits per heavy atom. The lowest BCUT2D eigenvalue weighted by Crippen LogP contribution is -2.00. The fraction of sp³-hybridized carbons (Fsp3) is 0.714. The smallest absolute Gasteiger partial charge is 0.192 e. The summed E-state index contributed by atoms with van der Waals surface area (Å²) >= 11 is 1.17. The van der Waals surface area contributed by atoms with E-state index in [2.05, 4.69) is 0 Å². The van der Waals surface area contributed by atoms with E-state index in [1.807, 2.05) is 0 Å². The lowest BCUT2D eigenvalue weighted by Gasteiger charge is -1.92. The standard InChI is InChI=1S/C7H10O2S/c1-5(8)4-10-7(9)6-2-3-6/h6H,2-4H2,1H3. The van der Waals surface area contributed by atoms with Crippen LogP contribution >= 0.6 is 11.8 Å². The molecule has 0 N–H and O–H groups in total. The molecule has 1 aliphatic rings. The molecule has 0 aromatic carbocycles. The van der Waals surface area contributed by atoms with Gasteiger partial charge in [0, 0.05) is 5.92 Å². The summed E-state index contributed by atoms with van der Waals surface area (Å²) in [5, 5.41) is 0.204. The maximum Gasteiger partial charge on any atom is 0.192 e. The molecule has 0 saturated heterocycles. The summed E-state index contributed by atoms with van der Waals surface area (Å²) in [4.78, 5) is 21.3. The van der Waals surface area contributed by atoms with Crippen LogP contribution in [-0.2, 0) is 9.59 Å². The van der Waals surface area contributed by atoms with Gasteiger partial charge in [0.2, 0.25) is 0 Å². The van der Waals surface area contributed by atoms with Gasteiger partial charge in [0.1, 0.15) is 5.78 Å². The molecule has 0 spiro atoms. The van der Waals surface area contributed by atoms with Crippen LogP contribution in [0.1, 0.15) is 19.8 Å². The Bertz CT molecular complexity index is 161. The summed E-state index contributed by atoms with van der Waals surface area (Å²) in [6, 6.07) is 0. The van der Waals surface area contributed by atoms with Crippen LogP contribution < -0.4 is 0 Å². The Hall–Kier alpha value is -0.310. The number of Topliss-reactive ketones (excluding diaryl/α,β-unsaturated/α-hetero) is 1. The van der Waals surface area contributed by atoms with Gasteiger partial charge in [-0.25, -0.2) is 0 Å². The number of hydrogen-bond donors (Lipinski definition) is 0. The fourth-order valence-corrected chi connectivity index (χ4v) is 1.43. The van der Waals surface area contributed by atoms with Crippen LogP contribution in [0.5, 0.6) is 0 Å². The summed E-state index contributed by atoms with van der Waals surface area (Å²) in [5.74, 6) is 0.721. The van der Waals surface area contributed by atoms with Crippen molar-refractivity contribution in [3.05, 3.63) is 0 Å². The first kappa shape index (κ1) is 7.79. The minimum Gasteiger partial charge on any atom is -0.299 e. The number of thioether (sulfide) groups is 1. The Kier molecular flexibility index (Phi) is 2.49. The minimum absolute atomic E-state index is 0.0824. The van der Waals surface area contributed by atoms with Crippen molar-refractivity contribution in [1.29, 1.82) is 0 Å². The number of rotatable bonds is 3. The van der Waals surface area contributed by atoms with Gasteiger partial charge in [0.15, 0.2) is 5.12 Å². The second-order valence-electron chi connectivity index (χ2n) is 2.58. The third kappa shape index (κ3) is 2.52. The summed E-state index contributed by atoms with van der Waals surface area (Å²) in [6.07, 6.45) is 2.06. The van der Waals surface area contributed by atoms with Crippen molar-refractivity contribution in [3.63, 3.8) is 0 Å². The molecule has 1 rings (SSSR count). The molecule has 1 fully saturated rings. The second kappa shape index (κ2) is 3.19. The monoisotopic (exact) mass is 158 g/mol. The van der Waals surface area contributed by atoms with Gasteiger partial charge in [-0.15, -0.1) is 0 Å². The molecule has 0 aromatic heterocycles. The lowest BCUT2D eigenvalue weighted by molar-refractivity contribution is -0.115. The van der Waals surface area contributed by atoms with E-state index in [-0.39, 0.29) is 16.8 Å². The van der Waals surface area contributed by atoms with Crippen LogP contribution in [0, 0.1) is 5.92 Å². The third-order valence-corrected chi connectivity index (χ3v) is 2.50. The maximum absolute atomic E-state index is 10.9. The van der Waals surface area contributed by atoms with E-state index < -0.39 is 0 Å². The van der Waals surface area contributed by atoms with Crippen molar-refractivity contribution >= 4 is 22.7 Å². The average molecular weight is 158 g/mol. The molecule has 0 bridgehead atoms. The summed E-state index contributed by atoms with van der Waals surface area (Å²) in [6.45, 7) is 1.51. The molecule has 56 valence electrons. The number of hydrogen-bond acceptors (Lipinski definition) is 3. The predicted molar refractivity (Wildman–Crippen MR) is 40.9 cm³/mol. The largest absolute Gasteiger partial charge is 0.299 e. The van der Waals surface area contributed by atoms with Crippen LogP contribution in [0.4, 0.5) is 0 Å². The molecule has 1 aliphatic carbocycles. The molecule has 0 unspecified atom stereocenters. The summed E-state index contributed by atoms with van der Waals surface area (Å²) in [7, 11) is 0. The highest BCUT2D eigenvalue weighted by Gasteiger charge is 2.29. The van der Waals surface area contributed by atoms with Crippen LogP contribution in [0.15, 0.2) is 0 Å². The number of carbonyl (C=O) groups is 2. The van der Waals surface area contributed by atoms with E-state index >= 15 is 0 Å². The van der Waals surface area contributed by atoms with Crippen molar-refractivity contribution in [3.8, 4) is 0 Å². The molecule has 0 heterocycles. The Labute approximate surface area is 64.4 Å². The van der Waals surface area contributed by atoms with Crippen molar-refractivity contribution in [2.24, 2.45) is 5.92 Å². The van der Waals surface area contributed by atoms with E-state index in [0.29, 0.717) is 5.75 Å². The molecule has 0 atom stereocenters. The van der Waals surface area contributed by atoms with Gasteiger partial charge in [0.25, 0.3) is 0 Å². The average Bonchev–Trinajstić information content (AvgIpc) is 2.63. The van der Waals surface area contributed by atoms with Crippen LogP contribution in [0.3, 0.4) is 0 Å². The Morgan fingerprint density at radius 1 is 1.50 bits per heavy atom. The molecule has 0 aromatic rings. The van der Waals surface area contributed by atoms with Crippen molar-refractivity contribution < 1.29 is 9.59 Å². The zero-order valence-corrected chi connectivity index (χ0v) is 6.74. The van der Waals surface area contributed by atoms with Gasteiger partial charge in [-0.1, -0.05) is 11.8 Å². The number of carbonyl (C=O) groups excluding carboxylic acids is 2. The molecule has 1 saturated carbocycles. The molecular weight excluding hydrogens is 148 g/mol. The van der Waals surface area contributed by atoms with Gasteiger partial charge in [-0.05, 0) is 19.8 Å². The zero-order valence-electron chi connectivity index (χ0n) is 5.92. The molecule has 2 nitrogen and oxygen atoms in total. The van der Waals surface area contributed by atoms with Gasteiger partial charge in [-0.3, -0.25) is 9.59 Å². The third-order valence-electron chi connectivity index (χ3n) is 1.33.